The van der Waals surface area contributed by atoms with Crippen molar-refractivity contribution < 1.29 is 4.79 Å². The molecule has 0 aliphatic carbocycles. The highest BCUT2D eigenvalue weighted by molar-refractivity contribution is 5.97. The minimum atomic E-state index is 0.151. The third-order valence-corrected chi connectivity index (χ3v) is 2.83. The summed E-state index contributed by atoms with van der Waals surface area (Å²) in [5, 5.41) is 2.90. The van der Waals surface area contributed by atoms with E-state index in [1.54, 1.807) is 0 Å². The second kappa shape index (κ2) is 3.95. The van der Waals surface area contributed by atoms with Gasteiger partial charge in [0.1, 0.15) is 0 Å². The summed E-state index contributed by atoms with van der Waals surface area (Å²) in [4.78, 5) is 11.5. The fraction of sp³-hybridized carbons (Fsp3) is 0.727. The van der Waals surface area contributed by atoms with Gasteiger partial charge in [-0.2, -0.15) is 0 Å². The van der Waals surface area contributed by atoms with E-state index in [0.29, 0.717) is 11.8 Å². The zero-order valence-corrected chi connectivity index (χ0v) is 8.98. The molecule has 1 rings (SSSR count). The Morgan fingerprint density at radius 2 is 2.00 bits per heavy atom. The first-order valence-corrected chi connectivity index (χ1v) is 5.09. The van der Waals surface area contributed by atoms with Gasteiger partial charge in [0.2, 0.25) is 5.91 Å². The summed E-state index contributed by atoms with van der Waals surface area (Å²) in [6.07, 6.45) is 1.04. The Labute approximate surface area is 80.4 Å². The molecule has 0 spiro atoms. The summed E-state index contributed by atoms with van der Waals surface area (Å²) in [7, 11) is 0. The zero-order valence-electron chi connectivity index (χ0n) is 8.98. The van der Waals surface area contributed by atoms with Gasteiger partial charge in [-0.15, -0.1) is 0 Å². The van der Waals surface area contributed by atoms with Crippen LogP contribution in [0.3, 0.4) is 0 Å². The number of hydrogen-bond donors (Lipinski definition) is 1. The molecular formula is C11H19NO. The van der Waals surface area contributed by atoms with Gasteiger partial charge in [0, 0.05) is 12.1 Å². The fourth-order valence-corrected chi connectivity index (χ4v) is 1.77. The quantitative estimate of drug-likeness (QED) is 0.710. The Morgan fingerprint density at radius 3 is 2.46 bits per heavy atom. The highest BCUT2D eigenvalue weighted by Gasteiger charge is 2.27. The molecule has 2 heteroatoms. The van der Waals surface area contributed by atoms with E-state index in [1.165, 1.54) is 5.57 Å². The van der Waals surface area contributed by atoms with Crippen LogP contribution in [0.15, 0.2) is 11.1 Å². The monoisotopic (exact) mass is 181 g/mol. The maximum absolute atomic E-state index is 11.5. The van der Waals surface area contributed by atoms with Gasteiger partial charge in [0.05, 0.1) is 0 Å². The minimum Gasteiger partial charge on any atom is -0.349 e. The molecule has 0 aromatic heterocycles. The Bertz CT molecular complexity index is 240. The summed E-state index contributed by atoms with van der Waals surface area (Å²) < 4.78 is 0. The molecule has 0 radical (unpaired) electrons. The normalized spacial score (nSPS) is 19.6. The molecule has 1 amide bonds. The predicted molar refractivity (Wildman–Crippen MR) is 54.3 cm³/mol. The lowest BCUT2D eigenvalue weighted by Gasteiger charge is -2.13. The molecule has 1 atom stereocenters. The standard InChI is InChI=1S/C11H19NO/c1-5-8(4)10-9(7(2)3)6-12-11(10)13/h7-8H,5-6H2,1-4H3,(H,12,13). The molecule has 1 N–H and O–H groups in total. The lowest BCUT2D eigenvalue weighted by atomic mass is 9.90. The van der Waals surface area contributed by atoms with Crippen molar-refractivity contribution in [2.24, 2.45) is 11.8 Å². The van der Waals surface area contributed by atoms with Crippen molar-refractivity contribution in [2.75, 3.05) is 6.54 Å². The number of carbonyl (C=O) groups excluding carboxylic acids is 1. The molecule has 1 aliphatic rings. The first-order chi connectivity index (χ1) is 6.07. The molecule has 0 saturated heterocycles. The highest BCUT2D eigenvalue weighted by atomic mass is 16.1. The van der Waals surface area contributed by atoms with Crippen molar-refractivity contribution in [3.8, 4) is 0 Å². The van der Waals surface area contributed by atoms with Gasteiger partial charge in [0.25, 0.3) is 0 Å². The first-order valence-electron chi connectivity index (χ1n) is 5.09. The summed E-state index contributed by atoms with van der Waals surface area (Å²) in [6.45, 7) is 9.32. The summed E-state index contributed by atoms with van der Waals surface area (Å²) in [6, 6.07) is 0. The lowest BCUT2D eigenvalue weighted by molar-refractivity contribution is -0.117. The molecule has 0 aromatic carbocycles. The molecule has 0 fully saturated rings. The molecule has 2 nitrogen and oxygen atoms in total. The zero-order chi connectivity index (χ0) is 10.0. The molecule has 13 heavy (non-hydrogen) atoms. The van der Waals surface area contributed by atoms with Crippen LogP contribution in [0.5, 0.6) is 0 Å². The lowest BCUT2D eigenvalue weighted by Crippen LogP contribution is -2.19. The Balaban J connectivity index is 2.96. The smallest absolute Gasteiger partial charge is 0.247 e. The van der Waals surface area contributed by atoms with Gasteiger partial charge in [-0.1, -0.05) is 27.7 Å². The van der Waals surface area contributed by atoms with E-state index < -0.39 is 0 Å². The van der Waals surface area contributed by atoms with Gasteiger partial charge >= 0.3 is 0 Å². The number of amides is 1. The van der Waals surface area contributed by atoms with Crippen LogP contribution in [0.1, 0.15) is 34.1 Å². The van der Waals surface area contributed by atoms with E-state index in [1.807, 2.05) is 0 Å². The molecule has 1 heterocycles. The third kappa shape index (κ3) is 1.93. The van der Waals surface area contributed by atoms with Gasteiger partial charge in [0.15, 0.2) is 0 Å². The predicted octanol–water partition coefficient (Wildman–Crippen LogP) is 2.11. The van der Waals surface area contributed by atoms with E-state index in [0.717, 1.165) is 18.5 Å². The maximum atomic E-state index is 11.5. The highest BCUT2D eigenvalue weighted by Crippen LogP contribution is 2.26. The first kappa shape index (κ1) is 10.3. The molecule has 0 bridgehead atoms. The second-order valence-corrected chi connectivity index (χ2v) is 4.09. The van der Waals surface area contributed by atoms with Crippen LogP contribution < -0.4 is 5.32 Å². The second-order valence-electron chi connectivity index (χ2n) is 4.09. The van der Waals surface area contributed by atoms with Gasteiger partial charge < -0.3 is 5.32 Å². The molecule has 1 aliphatic heterocycles. The average molecular weight is 181 g/mol. The van der Waals surface area contributed by atoms with Crippen LogP contribution in [0.4, 0.5) is 0 Å². The van der Waals surface area contributed by atoms with Crippen LogP contribution in [-0.4, -0.2) is 12.5 Å². The van der Waals surface area contributed by atoms with E-state index in [2.05, 4.69) is 33.0 Å². The average Bonchev–Trinajstić information content (AvgIpc) is 2.46. The minimum absolute atomic E-state index is 0.151. The SMILES string of the molecule is CCC(C)C1=C(C(C)C)CNC1=O. The summed E-state index contributed by atoms with van der Waals surface area (Å²) in [5.74, 6) is 1.04. The summed E-state index contributed by atoms with van der Waals surface area (Å²) >= 11 is 0. The largest absolute Gasteiger partial charge is 0.349 e. The summed E-state index contributed by atoms with van der Waals surface area (Å²) in [5.41, 5.74) is 2.34. The Kier molecular flexibility index (Phi) is 3.12. The van der Waals surface area contributed by atoms with Crippen molar-refractivity contribution in [3.63, 3.8) is 0 Å². The van der Waals surface area contributed by atoms with Crippen molar-refractivity contribution in [3.05, 3.63) is 11.1 Å². The topological polar surface area (TPSA) is 29.1 Å². The van der Waals surface area contributed by atoms with E-state index in [4.69, 9.17) is 0 Å². The molecular weight excluding hydrogens is 162 g/mol. The van der Waals surface area contributed by atoms with Crippen molar-refractivity contribution in [2.45, 2.75) is 34.1 Å². The van der Waals surface area contributed by atoms with Gasteiger partial charge in [-0.05, 0) is 23.8 Å². The molecule has 0 aromatic rings. The van der Waals surface area contributed by atoms with Crippen molar-refractivity contribution >= 4 is 5.91 Å². The van der Waals surface area contributed by atoms with E-state index in [-0.39, 0.29) is 5.91 Å². The number of carbonyl (C=O) groups is 1. The number of rotatable bonds is 3. The van der Waals surface area contributed by atoms with Crippen LogP contribution in [0, 0.1) is 11.8 Å². The maximum Gasteiger partial charge on any atom is 0.247 e. The molecule has 1 unspecified atom stereocenters. The molecule has 0 saturated carbocycles. The van der Waals surface area contributed by atoms with Crippen LogP contribution >= 0.6 is 0 Å². The Hall–Kier alpha value is -0.790. The van der Waals surface area contributed by atoms with Crippen LogP contribution in [0.2, 0.25) is 0 Å². The molecule has 74 valence electrons. The van der Waals surface area contributed by atoms with Crippen LogP contribution in [0.25, 0.3) is 0 Å². The van der Waals surface area contributed by atoms with E-state index >= 15 is 0 Å². The van der Waals surface area contributed by atoms with Gasteiger partial charge in [-0.25, -0.2) is 0 Å². The van der Waals surface area contributed by atoms with Crippen molar-refractivity contribution in [1.29, 1.82) is 0 Å². The van der Waals surface area contributed by atoms with Gasteiger partial charge in [-0.3, -0.25) is 4.79 Å². The third-order valence-electron chi connectivity index (χ3n) is 2.83. The van der Waals surface area contributed by atoms with E-state index in [9.17, 15) is 4.79 Å². The number of nitrogens with one attached hydrogen (secondary N) is 1. The Morgan fingerprint density at radius 1 is 1.38 bits per heavy atom. The fourth-order valence-electron chi connectivity index (χ4n) is 1.77. The van der Waals surface area contributed by atoms with Crippen molar-refractivity contribution in [1.82, 2.24) is 5.32 Å². The van der Waals surface area contributed by atoms with Crippen LogP contribution in [-0.2, 0) is 4.79 Å². The number of hydrogen-bond acceptors (Lipinski definition) is 1.